The molecule has 0 unspecified atom stereocenters. The molecular weight excluding hydrogens is 168 g/mol. The van der Waals surface area contributed by atoms with Gasteiger partial charge in [0.25, 0.3) is 0 Å². The van der Waals surface area contributed by atoms with E-state index in [4.69, 9.17) is 9.47 Å². The van der Waals surface area contributed by atoms with Crippen LogP contribution in [0.1, 0.15) is 41.0 Å². The van der Waals surface area contributed by atoms with E-state index in [2.05, 4.69) is 0 Å². The number of carbonyl (C=O) groups excluding carboxylic acids is 1. The molecule has 0 amide bonds. The van der Waals surface area contributed by atoms with Gasteiger partial charge in [0.2, 0.25) is 0 Å². The minimum atomic E-state index is -0.600. The second-order valence-corrected chi connectivity index (χ2v) is 3.62. The van der Waals surface area contributed by atoms with Crippen molar-refractivity contribution in [1.82, 2.24) is 0 Å². The van der Waals surface area contributed by atoms with Gasteiger partial charge in [0, 0.05) is 0 Å². The standard InChI is InChI=1S/C10H19O3/c1-6-8(3)12-9(11)13-10(4,5)7-2/h6,8H,7H2,1-5H3/t8-/m0/s1. The first-order chi connectivity index (χ1) is 5.91. The van der Waals surface area contributed by atoms with Crippen LogP contribution in [-0.2, 0) is 9.47 Å². The lowest BCUT2D eigenvalue weighted by Gasteiger charge is -2.23. The number of rotatable bonds is 4. The van der Waals surface area contributed by atoms with Crippen molar-refractivity contribution < 1.29 is 14.3 Å². The van der Waals surface area contributed by atoms with E-state index >= 15 is 0 Å². The molecule has 0 aromatic heterocycles. The Hall–Kier alpha value is -0.730. The lowest BCUT2D eigenvalue weighted by Crippen LogP contribution is -2.29. The molecule has 0 aromatic carbocycles. The number of ether oxygens (including phenoxy) is 2. The van der Waals surface area contributed by atoms with Gasteiger partial charge in [-0.15, -0.1) is 0 Å². The van der Waals surface area contributed by atoms with Crippen molar-refractivity contribution in [3.05, 3.63) is 6.42 Å². The summed E-state index contributed by atoms with van der Waals surface area (Å²) in [6.07, 6.45) is 1.77. The van der Waals surface area contributed by atoms with Crippen LogP contribution in [-0.4, -0.2) is 17.9 Å². The normalized spacial score (nSPS) is 13.6. The van der Waals surface area contributed by atoms with Crippen LogP contribution in [0.15, 0.2) is 0 Å². The molecule has 0 rings (SSSR count). The van der Waals surface area contributed by atoms with Gasteiger partial charge in [-0.25, -0.2) is 4.79 Å². The summed E-state index contributed by atoms with van der Waals surface area (Å²) in [5.41, 5.74) is -0.440. The van der Waals surface area contributed by atoms with Gasteiger partial charge < -0.3 is 9.47 Å². The second-order valence-electron chi connectivity index (χ2n) is 3.62. The van der Waals surface area contributed by atoms with Crippen molar-refractivity contribution in [3.63, 3.8) is 0 Å². The summed E-state index contributed by atoms with van der Waals surface area (Å²) in [5, 5.41) is 0. The summed E-state index contributed by atoms with van der Waals surface area (Å²) in [6.45, 7) is 9.30. The lowest BCUT2D eigenvalue weighted by molar-refractivity contribution is -0.0276. The molecule has 0 fully saturated rings. The molecule has 0 aliphatic heterocycles. The van der Waals surface area contributed by atoms with Gasteiger partial charge in [-0.05, 0) is 33.6 Å². The fourth-order valence-corrected chi connectivity index (χ4v) is 0.542. The van der Waals surface area contributed by atoms with Gasteiger partial charge in [-0.2, -0.15) is 0 Å². The molecule has 0 bridgehead atoms. The highest BCUT2D eigenvalue weighted by Crippen LogP contribution is 2.15. The van der Waals surface area contributed by atoms with Crippen LogP contribution in [0.5, 0.6) is 0 Å². The van der Waals surface area contributed by atoms with Gasteiger partial charge in [0.15, 0.2) is 0 Å². The van der Waals surface area contributed by atoms with Gasteiger partial charge in [-0.1, -0.05) is 13.8 Å². The maximum Gasteiger partial charge on any atom is 0.509 e. The third-order valence-corrected chi connectivity index (χ3v) is 1.96. The Bertz CT molecular complexity index is 164. The van der Waals surface area contributed by atoms with Gasteiger partial charge in [0.05, 0.1) is 0 Å². The maximum absolute atomic E-state index is 11.1. The molecule has 0 spiro atoms. The zero-order valence-corrected chi connectivity index (χ0v) is 9.09. The first-order valence-corrected chi connectivity index (χ1v) is 4.60. The number of carbonyl (C=O) groups is 1. The Labute approximate surface area is 80.4 Å². The Kier molecular flexibility index (Phi) is 4.81. The largest absolute Gasteiger partial charge is 0.509 e. The van der Waals surface area contributed by atoms with Crippen LogP contribution in [0.2, 0.25) is 0 Å². The summed E-state index contributed by atoms with van der Waals surface area (Å²) in [5.74, 6) is 0. The first kappa shape index (κ1) is 12.3. The summed E-state index contributed by atoms with van der Waals surface area (Å²) < 4.78 is 10.00. The average molecular weight is 187 g/mol. The first-order valence-electron chi connectivity index (χ1n) is 4.60. The zero-order chi connectivity index (χ0) is 10.5. The van der Waals surface area contributed by atoms with Crippen LogP contribution >= 0.6 is 0 Å². The van der Waals surface area contributed by atoms with Crippen molar-refractivity contribution in [2.75, 3.05) is 0 Å². The van der Waals surface area contributed by atoms with E-state index in [1.54, 1.807) is 13.3 Å². The Balaban J connectivity index is 3.87. The fraction of sp³-hybridized carbons (Fsp3) is 0.800. The minimum Gasteiger partial charge on any atom is -0.431 e. The molecule has 0 aliphatic rings. The molecule has 77 valence electrons. The summed E-state index contributed by atoms with van der Waals surface area (Å²) >= 11 is 0. The van der Waals surface area contributed by atoms with Crippen molar-refractivity contribution >= 4 is 6.16 Å². The highest BCUT2D eigenvalue weighted by molar-refractivity contribution is 5.60. The molecule has 0 aromatic rings. The van der Waals surface area contributed by atoms with E-state index in [1.807, 2.05) is 27.7 Å². The Morgan fingerprint density at radius 3 is 2.46 bits per heavy atom. The Morgan fingerprint density at radius 2 is 2.08 bits per heavy atom. The topological polar surface area (TPSA) is 35.5 Å². The van der Waals surface area contributed by atoms with Crippen molar-refractivity contribution in [3.8, 4) is 0 Å². The zero-order valence-electron chi connectivity index (χ0n) is 9.09. The predicted molar refractivity (Wildman–Crippen MR) is 51.4 cm³/mol. The molecule has 1 radical (unpaired) electrons. The second kappa shape index (κ2) is 5.10. The lowest BCUT2D eigenvalue weighted by atomic mass is 10.1. The molecule has 0 aliphatic carbocycles. The highest BCUT2D eigenvalue weighted by Gasteiger charge is 2.22. The van der Waals surface area contributed by atoms with E-state index in [-0.39, 0.29) is 6.10 Å². The maximum atomic E-state index is 11.1. The van der Waals surface area contributed by atoms with Crippen molar-refractivity contribution in [2.45, 2.75) is 52.7 Å². The summed E-state index contributed by atoms with van der Waals surface area (Å²) in [6, 6.07) is 0. The van der Waals surface area contributed by atoms with Gasteiger partial charge >= 0.3 is 6.16 Å². The third kappa shape index (κ3) is 5.50. The van der Waals surface area contributed by atoms with E-state index in [1.165, 1.54) is 0 Å². The molecule has 3 nitrogen and oxygen atoms in total. The van der Waals surface area contributed by atoms with Crippen LogP contribution in [0.25, 0.3) is 0 Å². The SMILES string of the molecule is C[CH][C@H](C)OC(=O)OC(C)(C)CC. The monoisotopic (exact) mass is 187 g/mol. The highest BCUT2D eigenvalue weighted by atomic mass is 16.7. The van der Waals surface area contributed by atoms with E-state index in [0.29, 0.717) is 0 Å². The molecule has 3 heteroatoms. The Morgan fingerprint density at radius 1 is 1.54 bits per heavy atom. The molecule has 0 saturated carbocycles. The predicted octanol–water partition coefficient (Wildman–Crippen LogP) is 2.94. The van der Waals surface area contributed by atoms with Crippen LogP contribution in [0.4, 0.5) is 4.79 Å². The fourth-order valence-electron chi connectivity index (χ4n) is 0.542. The van der Waals surface area contributed by atoms with E-state index in [0.717, 1.165) is 6.42 Å². The average Bonchev–Trinajstić information content (AvgIpc) is 2.03. The van der Waals surface area contributed by atoms with Crippen molar-refractivity contribution in [2.24, 2.45) is 0 Å². The quantitative estimate of drug-likeness (QED) is 0.635. The summed E-state index contributed by atoms with van der Waals surface area (Å²) in [4.78, 5) is 11.1. The van der Waals surface area contributed by atoms with Crippen molar-refractivity contribution in [1.29, 1.82) is 0 Å². The molecule has 0 heterocycles. The summed E-state index contributed by atoms with van der Waals surface area (Å²) in [7, 11) is 0. The molecule has 0 saturated heterocycles. The van der Waals surface area contributed by atoms with Gasteiger partial charge in [-0.3, -0.25) is 0 Å². The van der Waals surface area contributed by atoms with Crippen LogP contribution in [0.3, 0.4) is 0 Å². The van der Waals surface area contributed by atoms with Crippen LogP contribution in [0, 0.1) is 6.42 Å². The van der Waals surface area contributed by atoms with Gasteiger partial charge in [0.1, 0.15) is 11.7 Å². The minimum absolute atomic E-state index is 0.194. The molecule has 13 heavy (non-hydrogen) atoms. The smallest absolute Gasteiger partial charge is 0.431 e. The molecule has 1 atom stereocenters. The number of hydrogen-bond acceptors (Lipinski definition) is 3. The third-order valence-electron chi connectivity index (χ3n) is 1.96. The molecule has 0 N–H and O–H groups in total. The number of hydrogen-bond donors (Lipinski definition) is 0. The van der Waals surface area contributed by atoms with E-state index in [9.17, 15) is 4.79 Å². The van der Waals surface area contributed by atoms with Crippen LogP contribution < -0.4 is 0 Å². The van der Waals surface area contributed by atoms with E-state index < -0.39 is 11.8 Å². The molecular formula is C10H19O3.